The van der Waals surface area contributed by atoms with Crippen molar-refractivity contribution in [2.24, 2.45) is 0 Å². The zero-order chi connectivity index (χ0) is 46.4. The molecule has 328 valence electrons. The Morgan fingerprint density at radius 2 is 0.714 bits per heavy atom. The molecule has 2 nitrogen and oxygen atoms in total. The number of benzene rings is 12. The number of hydrogen-bond donors (Lipinski definition) is 0. The van der Waals surface area contributed by atoms with E-state index in [9.17, 15) is 0 Å². The van der Waals surface area contributed by atoms with E-state index in [1.165, 1.54) is 93.4 Å². The summed E-state index contributed by atoms with van der Waals surface area (Å²) < 4.78 is 2.42. The van der Waals surface area contributed by atoms with E-state index in [-0.39, 0.29) is 0 Å². The molecule has 0 bridgehead atoms. The van der Waals surface area contributed by atoms with Crippen LogP contribution >= 0.6 is 0 Å². The minimum Gasteiger partial charge on any atom is -0.310 e. The Kier molecular flexibility index (Phi) is 10.2. The number of fused-ring (bicyclic) bond motifs is 5. The van der Waals surface area contributed by atoms with Crippen molar-refractivity contribution < 1.29 is 0 Å². The van der Waals surface area contributed by atoms with Gasteiger partial charge in [0.15, 0.2) is 0 Å². The number of aromatic nitrogens is 1. The maximum Gasteiger partial charge on any atom is 0.0541 e. The van der Waals surface area contributed by atoms with Gasteiger partial charge in [0.1, 0.15) is 0 Å². The van der Waals surface area contributed by atoms with Crippen LogP contribution in [0.3, 0.4) is 0 Å². The Labute approximate surface area is 408 Å². The fourth-order valence-corrected chi connectivity index (χ4v) is 10.6. The lowest BCUT2D eigenvalue weighted by molar-refractivity contribution is 1.18. The molecule has 0 aliphatic carbocycles. The minimum absolute atomic E-state index is 1.08. The highest BCUT2D eigenvalue weighted by Gasteiger charge is 2.18. The van der Waals surface area contributed by atoms with Crippen molar-refractivity contribution in [1.29, 1.82) is 0 Å². The zero-order valence-corrected chi connectivity index (χ0v) is 38.5. The van der Waals surface area contributed by atoms with Crippen molar-refractivity contribution in [2.75, 3.05) is 4.90 Å². The van der Waals surface area contributed by atoms with Gasteiger partial charge in [-0.3, -0.25) is 0 Å². The predicted molar refractivity (Wildman–Crippen MR) is 298 cm³/mol. The first kappa shape index (κ1) is 41.0. The van der Waals surface area contributed by atoms with Crippen molar-refractivity contribution in [3.63, 3.8) is 0 Å². The van der Waals surface area contributed by atoms with Crippen molar-refractivity contribution in [2.45, 2.75) is 0 Å². The van der Waals surface area contributed by atoms with Gasteiger partial charge < -0.3 is 9.47 Å². The molecule has 13 aromatic rings. The molecule has 0 amide bonds. The molecule has 1 aromatic heterocycles. The number of nitrogens with zero attached hydrogens (tertiary/aromatic N) is 2. The molecule has 0 aliphatic rings. The number of para-hydroxylation sites is 3. The van der Waals surface area contributed by atoms with Crippen LogP contribution in [0, 0.1) is 0 Å². The Hall–Kier alpha value is -9.24. The summed E-state index contributed by atoms with van der Waals surface area (Å²) in [6.07, 6.45) is 0. The SMILES string of the molecule is c1ccc(-c2cccc3cccc(-c4ccc(N(c5ccc(-c6cccc(-c7ccccc7-n7c8ccccc8c8ccccc87)c6)cc5)c5cccc(-c6ccc7ccccc7c6)c5)cc4)c23)cc1. The van der Waals surface area contributed by atoms with Gasteiger partial charge in [-0.2, -0.15) is 0 Å². The molecule has 0 N–H and O–H groups in total. The third-order valence-corrected chi connectivity index (χ3v) is 14.0. The first-order valence-electron chi connectivity index (χ1n) is 24.1. The molecule has 1 heterocycles. The van der Waals surface area contributed by atoms with Gasteiger partial charge in [-0.1, -0.05) is 212 Å². The van der Waals surface area contributed by atoms with Crippen molar-refractivity contribution >= 4 is 60.4 Å². The van der Waals surface area contributed by atoms with E-state index >= 15 is 0 Å². The highest BCUT2D eigenvalue weighted by molar-refractivity contribution is 6.10. The first-order valence-corrected chi connectivity index (χ1v) is 24.1. The molecule has 0 atom stereocenters. The Balaban J connectivity index is 0.892. The van der Waals surface area contributed by atoms with Gasteiger partial charge in [0.05, 0.1) is 16.7 Å². The normalized spacial score (nSPS) is 11.4. The standard InChI is InChI=1S/C68H46N2/c1-2-17-49(18-3-1)61-29-14-20-51-21-15-30-62(68(51)61)50-38-42-58(43-39-50)69(59-25-13-23-54(46-59)55-35-34-47-16-4-5-19-52(47)44-55)57-40-36-48(37-41-57)53-22-12-24-56(45-53)60-26-6-9-31-65(60)70-66-32-10-7-27-63(66)64-28-8-11-33-67(64)70/h1-46H. The van der Waals surface area contributed by atoms with E-state index < -0.39 is 0 Å². The van der Waals surface area contributed by atoms with E-state index in [0.29, 0.717) is 0 Å². The molecule has 12 aromatic carbocycles. The Morgan fingerprint density at radius 3 is 1.43 bits per heavy atom. The number of hydrogen-bond acceptors (Lipinski definition) is 1. The van der Waals surface area contributed by atoms with Crippen LogP contribution in [0.1, 0.15) is 0 Å². The summed E-state index contributed by atoms with van der Waals surface area (Å²) in [7, 11) is 0. The van der Waals surface area contributed by atoms with Crippen molar-refractivity contribution in [3.8, 4) is 61.3 Å². The smallest absolute Gasteiger partial charge is 0.0541 e. The van der Waals surface area contributed by atoms with Gasteiger partial charge in [0.25, 0.3) is 0 Å². The van der Waals surface area contributed by atoms with Crippen molar-refractivity contribution in [1.82, 2.24) is 4.57 Å². The lowest BCUT2D eigenvalue weighted by atomic mass is 9.91. The fourth-order valence-electron chi connectivity index (χ4n) is 10.6. The second-order valence-electron chi connectivity index (χ2n) is 18.1. The van der Waals surface area contributed by atoms with Gasteiger partial charge in [-0.15, -0.1) is 0 Å². The van der Waals surface area contributed by atoms with Crippen LogP contribution in [0.15, 0.2) is 279 Å². The van der Waals surface area contributed by atoms with E-state index in [0.717, 1.165) is 28.3 Å². The van der Waals surface area contributed by atoms with Crippen LogP contribution < -0.4 is 4.90 Å². The van der Waals surface area contributed by atoms with E-state index in [1.807, 2.05) is 0 Å². The van der Waals surface area contributed by atoms with Gasteiger partial charge in [-0.05, 0) is 138 Å². The van der Waals surface area contributed by atoms with Crippen LogP contribution in [0.25, 0.3) is 105 Å². The van der Waals surface area contributed by atoms with Crippen LogP contribution in [0.2, 0.25) is 0 Å². The summed E-state index contributed by atoms with van der Waals surface area (Å²) in [4.78, 5) is 2.38. The maximum atomic E-state index is 2.42. The van der Waals surface area contributed by atoms with Crippen molar-refractivity contribution in [3.05, 3.63) is 279 Å². The molecule has 0 fully saturated rings. The first-order chi connectivity index (χ1) is 34.7. The summed E-state index contributed by atoms with van der Waals surface area (Å²) in [5.74, 6) is 0. The third-order valence-electron chi connectivity index (χ3n) is 14.0. The average molecular weight is 891 g/mol. The highest BCUT2D eigenvalue weighted by Crippen LogP contribution is 2.42. The molecular weight excluding hydrogens is 845 g/mol. The van der Waals surface area contributed by atoms with Gasteiger partial charge in [0.2, 0.25) is 0 Å². The van der Waals surface area contributed by atoms with E-state index in [1.54, 1.807) is 0 Å². The average Bonchev–Trinajstić information content (AvgIpc) is 3.77. The Bertz CT molecular complexity index is 3990. The summed E-state index contributed by atoms with van der Waals surface area (Å²) >= 11 is 0. The molecule has 0 spiro atoms. The third kappa shape index (κ3) is 7.31. The van der Waals surface area contributed by atoms with Crippen LogP contribution in [-0.2, 0) is 0 Å². The Morgan fingerprint density at radius 1 is 0.243 bits per heavy atom. The lowest BCUT2D eigenvalue weighted by Crippen LogP contribution is -2.10. The fraction of sp³-hybridized carbons (Fsp3) is 0. The summed E-state index contributed by atoms with van der Waals surface area (Å²) in [6.45, 7) is 0. The molecule has 0 radical (unpaired) electrons. The number of anilines is 3. The molecule has 2 heteroatoms. The predicted octanol–water partition coefficient (Wildman–Crippen LogP) is 18.9. The van der Waals surface area contributed by atoms with Gasteiger partial charge in [-0.25, -0.2) is 0 Å². The van der Waals surface area contributed by atoms with Crippen LogP contribution in [0.5, 0.6) is 0 Å². The minimum atomic E-state index is 1.08. The van der Waals surface area contributed by atoms with Gasteiger partial charge in [0, 0.05) is 33.4 Å². The zero-order valence-electron chi connectivity index (χ0n) is 38.5. The number of rotatable bonds is 9. The van der Waals surface area contributed by atoms with E-state index in [4.69, 9.17) is 0 Å². The highest BCUT2D eigenvalue weighted by atomic mass is 15.1. The molecule has 0 saturated heterocycles. The summed E-state index contributed by atoms with van der Waals surface area (Å²) in [5, 5.41) is 7.48. The monoisotopic (exact) mass is 890 g/mol. The van der Waals surface area contributed by atoms with Gasteiger partial charge >= 0.3 is 0 Å². The maximum absolute atomic E-state index is 2.42. The second-order valence-corrected chi connectivity index (χ2v) is 18.1. The largest absolute Gasteiger partial charge is 0.310 e. The molecule has 70 heavy (non-hydrogen) atoms. The molecule has 0 aliphatic heterocycles. The van der Waals surface area contributed by atoms with Crippen LogP contribution in [0.4, 0.5) is 17.1 Å². The summed E-state index contributed by atoms with van der Waals surface area (Å²) in [5.41, 5.74) is 18.7. The topological polar surface area (TPSA) is 8.17 Å². The molecule has 13 rings (SSSR count). The summed E-state index contributed by atoms with van der Waals surface area (Å²) in [6, 6.07) is 102. The van der Waals surface area contributed by atoms with Crippen LogP contribution in [-0.4, -0.2) is 4.57 Å². The molecule has 0 saturated carbocycles. The van der Waals surface area contributed by atoms with E-state index in [2.05, 4.69) is 289 Å². The lowest BCUT2D eigenvalue weighted by Gasteiger charge is -2.26. The molecule has 0 unspecified atom stereocenters. The second kappa shape index (κ2) is 17.4. The molecular formula is C68H46N2. The quantitative estimate of drug-likeness (QED) is 0.140.